The van der Waals surface area contributed by atoms with Gasteiger partial charge >= 0.3 is 5.97 Å². The minimum atomic E-state index is -0.726. The number of hydrogen-bond acceptors (Lipinski definition) is 6. The quantitative estimate of drug-likeness (QED) is 0.339. The molecule has 0 aliphatic heterocycles. The van der Waals surface area contributed by atoms with Crippen LogP contribution in [0.25, 0.3) is 21.8 Å². The third kappa shape index (κ3) is 4.91. The average molecular weight is 472 g/mol. The van der Waals surface area contributed by atoms with Crippen LogP contribution in [0.3, 0.4) is 0 Å². The maximum absolute atomic E-state index is 11.2. The Bertz CT molecular complexity index is 1280. The largest absolute Gasteiger partial charge is 0.506 e. The van der Waals surface area contributed by atoms with Crippen molar-refractivity contribution in [1.82, 2.24) is 14.9 Å². The summed E-state index contributed by atoms with van der Waals surface area (Å²) < 4.78 is 0. The van der Waals surface area contributed by atoms with E-state index in [0.29, 0.717) is 30.2 Å². The first-order valence-corrected chi connectivity index (χ1v) is 12.1. The van der Waals surface area contributed by atoms with Crippen LogP contribution in [0.4, 0.5) is 0 Å². The van der Waals surface area contributed by atoms with Gasteiger partial charge in [0.1, 0.15) is 22.5 Å². The summed E-state index contributed by atoms with van der Waals surface area (Å²) in [5, 5.41) is 31.7. The van der Waals surface area contributed by atoms with Gasteiger partial charge in [0.15, 0.2) is 0 Å². The van der Waals surface area contributed by atoms with Gasteiger partial charge in [-0.2, -0.15) is 0 Å². The van der Waals surface area contributed by atoms with Crippen molar-refractivity contribution in [3.05, 3.63) is 72.1 Å². The molecule has 0 unspecified atom stereocenters. The summed E-state index contributed by atoms with van der Waals surface area (Å²) in [6.07, 6.45) is 7.24. The van der Waals surface area contributed by atoms with Gasteiger partial charge in [0, 0.05) is 48.7 Å². The highest BCUT2D eigenvalue weighted by Crippen LogP contribution is 2.34. The van der Waals surface area contributed by atoms with E-state index in [0.717, 1.165) is 47.6 Å². The van der Waals surface area contributed by atoms with E-state index in [1.165, 1.54) is 0 Å². The number of pyridine rings is 2. The summed E-state index contributed by atoms with van der Waals surface area (Å²) in [4.78, 5) is 22.4. The number of benzene rings is 2. The molecule has 7 nitrogen and oxygen atoms in total. The molecule has 1 saturated carbocycles. The highest BCUT2D eigenvalue weighted by atomic mass is 16.4. The minimum Gasteiger partial charge on any atom is -0.506 e. The van der Waals surface area contributed by atoms with Crippen LogP contribution in [0.5, 0.6) is 11.5 Å². The number of nitrogens with zero attached hydrogens (tertiary/aromatic N) is 3. The summed E-state index contributed by atoms with van der Waals surface area (Å²) in [6.45, 7) is 1.33. The second kappa shape index (κ2) is 9.88. The lowest BCUT2D eigenvalue weighted by Gasteiger charge is -2.37. The summed E-state index contributed by atoms with van der Waals surface area (Å²) in [6, 6.07) is 15.3. The van der Waals surface area contributed by atoms with E-state index in [1.807, 2.05) is 36.4 Å². The molecule has 1 fully saturated rings. The maximum atomic E-state index is 11.2. The summed E-state index contributed by atoms with van der Waals surface area (Å²) in [5.74, 6) is -0.166. The number of hydrogen-bond donors (Lipinski definition) is 3. The molecule has 5 rings (SSSR count). The first-order valence-electron chi connectivity index (χ1n) is 12.1. The smallest absolute Gasteiger partial charge is 0.303 e. The molecule has 7 heteroatoms. The first-order chi connectivity index (χ1) is 17.0. The standard InChI is InChI=1S/C28H29N3O4/c32-24-11-7-19(22-3-1-13-29-27(22)24)16-31(21-9-5-18(6-10-21)15-26(34)35)17-20-8-12-25(33)28-23(20)4-2-14-30-28/h1-4,7-8,11-14,18,21,32-33H,5-6,9-10,15-17H2,(H,34,35). The Morgan fingerprint density at radius 3 is 1.80 bits per heavy atom. The van der Waals surface area contributed by atoms with E-state index in [4.69, 9.17) is 0 Å². The Balaban J connectivity index is 1.48. The molecule has 0 saturated heterocycles. The van der Waals surface area contributed by atoms with Crippen molar-refractivity contribution in [1.29, 1.82) is 0 Å². The number of phenols is 2. The molecule has 4 aromatic rings. The summed E-state index contributed by atoms with van der Waals surface area (Å²) in [5.41, 5.74) is 3.35. The van der Waals surface area contributed by atoms with Gasteiger partial charge in [0.2, 0.25) is 0 Å². The molecule has 0 spiro atoms. The molecule has 0 bridgehead atoms. The van der Waals surface area contributed by atoms with Gasteiger partial charge in [0.25, 0.3) is 0 Å². The fraction of sp³-hybridized carbons (Fsp3) is 0.321. The number of carbonyl (C=O) groups is 1. The Morgan fingerprint density at radius 2 is 1.31 bits per heavy atom. The number of fused-ring (bicyclic) bond motifs is 2. The molecule has 180 valence electrons. The average Bonchev–Trinajstić information content (AvgIpc) is 2.87. The molecule has 2 aromatic heterocycles. The molecule has 35 heavy (non-hydrogen) atoms. The van der Waals surface area contributed by atoms with Crippen molar-refractivity contribution < 1.29 is 20.1 Å². The molecule has 0 amide bonds. The van der Waals surface area contributed by atoms with E-state index in [1.54, 1.807) is 24.5 Å². The van der Waals surface area contributed by atoms with Crippen molar-refractivity contribution in [2.24, 2.45) is 5.92 Å². The zero-order valence-corrected chi connectivity index (χ0v) is 19.5. The number of carboxylic acids is 1. The lowest BCUT2D eigenvalue weighted by Crippen LogP contribution is -2.37. The maximum Gasteiger partial charge on any atom is 0.303 e. The van der Waals surface area contributed by atoms with Crippen LogP contribution < -0.4 is 0 Å². The minimum absolute atomic E-state index is 0.167. The topological polar surface area (TPSA) is 107 Å². The molecule has 1 aliphatic rings. The highest BCUT2D eigenvalue weighted by Gasteiger charge is 2.28. The third-order valence-corrected chi connectivity index (χ3v) is 7.22. The fourth-order valence-corrected chi connectivity index (χ4v) is 5.42. The molecular weight excluding hydrogens is 442 g/mol. The lowest BCUT2D eigenvalue weighted by molar-refractivity contribution is -0.138. The number of rotatable bonds is 7. The van der Waals surface area contributed by atoms with Crippen LogP contribution in [-0.4, -0.2) is 42.2 Å². The Kier molecular flexibility index (Phi) is 6.51. The van der Waals surface area contributed by atoms with Crippen LogP contribution >= 0.6 is 0 Å². The van der Waals surface area contributed by atoms with E-state index in [2.05, 4.69) is 14.9 Å². The number of aliphatic carboxylic acids is 1. The van der Waals surface area contributed by atoms with Crippen LogP contribution in [0, 0.1) is 5.92 Å². The fourth-order valence-electron chi connectivity index (χ4n) is 5.42. The SMILES string of the molecule is O=C(O)CC1CCC(N(Cc2ccc(O)c3ncccc23)Cc2ccc(O)c3ncccc23)CC1. The normalized spacial score (nSPS) is 18.3. The van der Waals surface area contributed by atoms with Crippen LogP contribution in [0.2, 0.25) is 0 Å². The number of aromatic nitrogens is 2. The van der Waals surface area contributed by atoms with Crippen molar-refractivity contribution in [2.45, 2.75) is 51.2 Å². The number of phenolic OH excluding ortho intramolecular Hbond substituents is 2. The van der Waals surface area contributed by atoms with E-state index < -0.39 is 5.97 Å². The van der Waals surface area contributed by atoms with Gasteiger partial charge in [-0.3, -0.25) is 19.7 Å². The Morgan fingerprint density at radius 1 is 0.800 bits per heavy atom. The van der Waals surface area contributed by atoms with Gasteiger partial charge in [-0.15, -0.1) is 0 Å². The summed E-state index contributed by atoms with van der Waals surface area (Å²) in [7, 11) is 0. The van der Waals surface area contributed by atoms with Gasteiger partial charge in [-0.05, 0) is 67.0 Å². The van der Waals surface area contributed by atoms with Gasteiger partial charge < -0.3 is 15.3 Å². The Hall–Kier alpha value is -3.71. The van der Waals surface area contributed by atoms with Crippen LogP contribution in [-0.2, 0) is 17.9 Å². The highest BCUT2D eigenvalue weighted by molar-refractivity contribution is 5.88. The van der Waals surface area contributed by atoms with E-state index in [-0.39, 0.29) is 23.8 Å². The zero-order chi connectivity index (χ0) is 24.4. The van der Waals surface area contributed by atoms with Crippen LogP contribution in [0.15, 0.2) is 60.9 Å². The molecule has 2 heterocycles. The monoisotopic (exact) mass is 471 g/mol. The molecule has 2 aromatic carbocycles. The second-order valence-electron chi connectivity index (χ2n) is 9.46. The first kappa shape index (κ1) is 23.1. The lowest BCUT2D eigenvalue weighted by atomic mass is 9.83. The van der Waals surface area contributed by atoms with Crippen LogP contribution in [0.1, 0.15) is 43.2 Å². The predicted molar refractivity (Wildman–Crippen MR) is 134 cm³/mol. The van der Waals surface area contributed by atoms with Crippen molar-refractivity contribution in [2.75, 3.05) is 0 Å². The van der Waals surface area contributed by atoms with Gasteiger partial charge in [-0.25, -0.2) is 0 Å². The predicted octanol–water partition coefficient (Wildman–Crippen LogP) is 5.23. The van der Waals surface area contributed by atoms with Gasteiger partial charge in [0.05, 0.1) is 0 Å². The van der Waals surface area contributed by atoms with Gasteiger partial charge in [-0.1, -0.05) is 24.3 Å². The Labute approximate surface area is 203 Å². The van der Waals surface area contributed by atoms with E-state index in [9.17, 15) is 20.1 Å². The van der Waals surface area contributed by atoms with Crippen molar-refractivity contribution in [3.63, 3.8) is 0 Å². The van der Waals surface area contributed by atoms with E-state index >= 15 is 0 Å². The molecule has 3 N–H and O–H groups in total. The van der Waals surface area contributed by atoms with Crippen molar-refractivity contribution >= 4 is 27.8 Å². The van der Waals surface area contributed by atoms with Crippen molar-refractivity contribution in [3.8, 4) is 11.5 Å². The molecular formula is C28H29N3O4. The third-order valence-electron chi connectivity index (χ3n) is 7.22. The second-order valence-corrected chi connectivity index (χ2v) is 9.46. The molecule has 0 radical (unpaired) electrons. The summed E-state index contributed by atoms with van der Waals surface area (Å²) >= 11 is 0. The number of aromatic hydroxyl groups is 2. The zero-order valence-electron chi connectivity index (χ0n) is 19.5. The molecule has 0 atom stereocenters. The molecule has 1 aliphatic carbocycles. The number of carboxylic acid groups (broad SMARTS) is 1.